The zero-order valence-corrected chi connectivity index (χ0v) is 16.0. The average molecular weight is 384 g/mol. The largest absolute Gasteiger partial charge is 0.354 e. The van der Waals surface area contributed by atoms with Crippen molar-refractivity contribution in [2.45, 2.75) is 19.4 Å². The molecule has 7 heteroatoms. The first-order chi connectivity index (χ1) is 13.1. The van der Waals surface area contributed by atoms with Gasteiger partial charge < -0.3 is 15.1 Å². The predicted molar refractivity (Wildman–Crippen MR) is 106 cm³/mol. The van der Waals surface area contributed by atoms with Gasteiger partial charge in [-0.25, -0.2) is 9.78 Å². The Kier molecular flexibility index (Phi) is 6.15. The number of urea groups is 1. The fourth-order valence-electron chi connectivity index (χ4n) is 3.25. The molecule has 3 rings (SSSR count). The van der Waals surface area contributed by atoms with Gasteiger partial charge >= 0.3 is 6.03 Å². The number of carbonyl (C=O) groups is 1. The Hall–Kier alpha value is -2.78. The van der Waals surface area contributed by atoms with Crippen molar-refractivity contribution in [3.05, 3.63) is 58.7 Å². The van der Waals surface area contributed by atoms with Crippen molar-refractivity contribution < 1.29 is 4.79 Å². The molecular formula is C20H22ClN5O. The van der Waals surface area contributed by atoms with E-state index in [1.807, 2.05) is 36.1 Å². The van der Waals surface area contributed by atoms with Crippen LogP contribution in [-0.2, 0) is 0 Å². The normalized spacial score (nSPS) is 15.6. The number of hydrogen-bond donors (Lipinski definition) is 1. The van der Waals surface area contributed by atoms with Crippen LogP contribution in [0.15, 0.2) is 42.6 Å². The molecule has 1 aromatic carbocycles. The van der Waals surface area contributed by atoms with Crippen LogP contribution in [0.5, 0.6) is 0 Å². The van der Waals surface area contributed by atoms with Crippen LogP contribution in [0.2, 0.25) is 5.02 Å². The van der Waals surface area contributed by atoms with Gasteiger partial charge in [0.25, 0.3) is 0 Å². The van der Waals surface area contributed by atoms with Crippen LogP contribution in [0.3, 0.4) is 0 Å². The lowest BCUT2D eigenvalue weighted by Crippen LogP contribution is -2.43. The monoisotopic (exact) mass is 383 g/mol. The first-order valence-corrected chi connectivity index (χ1v) is 9.38. The fraction of sp³-hybridized carbons (Fsp3) is 0.350. The highest BCUT2D eigenvalue weighted by atomic mass is 35.5. The Morgan fingerprint density at radius 2 is 2.04 bits per heavy atom. The molecule has 0 saturated carbocycles. The smallest absolute Gasteiger partial charge is 0.317 e. The number of hydrogen-bond acceptors (Lipinski definition) is 4. The van der Waals surface area contributed by atoms with E-state index in [-0.39, 0.29) is 12.1 Å². The standard InChI is InChI=1S/C20H22ClN5O/c1-15(17-7-2-3-8-18(17)21)24-20(27)26-11-5-10-25(12-13-26)19-16(14-22)6-4-9-23-19/h2-4,6-9,15H,5,10-13H2,1H3,(H,24,27). The van der Waals surface area contributed by atoms with Gasteiger partial charge in [-0.05, 0) is 37.1 Å². The number of amides is 2. The van der Waals surface area contributed by atoms with E-state index in [0.717, 1.165) is 18.5 Å². The molecule has 0 spiro atoms. The fourth-order valence-corrected chi connectivity index (χ4v) is 3.55. The molecule has 2 heterocycles. The van der Waals surface area contributed by atoms with Gasteiger partial charge in [0.1, 0.15) is 11.9 Å². The summed E-state index contributed by atoms with van der Waals surface area (Å²) < 4.78 is 0. The quantitative estimate of drug-likeness (QED) is 0.879. The highest BCUT2D eigenvalue weighted by Gasteiger charge is 2.22. The van der Waals surface area contributed by atoms with Crippen LogP contribution in [-0.4, -0.2) is 42.1 Å². The lowest BCUT2D eigenvalue weighted by Gasteiger charge is -2.25. The molecule has 2 aromatic rings. The SMILES string of the molecule is CC(NC(=O)N1CCCN(c2ncccc2C#N)CC1)c1ccccc1Cl. The Morgan fingerprint density at radius 3 is 2.81 bits per heavy atom. The summed E-state index contributed by atoms with van der Waals surface area (Å²) in [4.78, 5) is 20.9. The van der Waals surface area contributed by atoms with Gasteiger partial charge in [0.05, 0.1) is 11.6 Å². The topological polar surface area (TPSA) is 72.3 Å². The Morgan fingerprint density at radius 1 is 1.22 bits per heavy atom. The molecule has 1 saturated heterocycles. The third kappa shape index (κ3) is 4.50. The van der Waals surface area contributed by atoms with Crippen LogP contribution in [0.25, 0.3) is 0 Å². The van der Waals surface area contributed by atoms with Crippen molar-refractivity contribution in [3.63, 3.8) is 0 Å². The van der Waals surface area contributed by atoms with E-state index in [9.17, 15) is 10.1 Å². The number of benzene rings is 1. The van der Waals surface area contributed by atoms with Crippen LogP contribution >= 0.6 is 11.6 Å². The molecule has 2 amide bonds. The predicted octanol–water partition coefficient (Wildman–Crippen LogP) is 3.59. The number of nitrogens with one attached hydrogen (secondary N) is 1. The minimum absolute atomic E-state index is 0.106. The minimum Gasteiger partial charge on any atom is -0.354 e. The second-order valence-corrected chi connectivity index (χ2v) is 6.91. The molecule has 0 bridgehead atoms. The van der Waals surface area contributed by atoms with Gasteiger partial charge in [0.15, 0.2) is 0 Å². The van der Waals surface area contributed by atoms with E-state index >= 15 is 0 Å². The Balaban J connectivity index is 1.63. The maximum atomic E-state index is 12.7. The zero-order valence-electron chi connectivity index (χ0n) is 15.2. The third-order valence-corrected chi connectivity index (χ3v) is 5.05. The summed E-state index contributed by atoms with van der Waals surface area (Å²) >= 11 is 6.23. The van der Waals surface area contributed by atoms with Crippen molar-refractivity contribution in [2.24, 2.45) is 0 Å². The van der Waals surface area contributed by atoms with E-state index in [2.05, 4.69) is 21.3 Å². The summed E-state index contributed by atoms with van der Waals surface area (Å²) in [6.07, 6.45) is 2.51. The summed E-state index contributed by atoms with van der Waals surface area (Å²) in [5.74, 6) is 0.687. The molecule has 140 valence electrons. The number of pyridine rings is 1. The van der Waals surface area contributed by atoms with Crippen molar-refractivity contribution in [3.8, 4) is 6.07 Å². The molecule has 1 aromatic heterocycles. The van der Waals surface area contributed by atoms with Crippen LogP contribution < -0.4 is 10.2 Å². The first kappa shape index (κ1) is 19.0. The van der Waals surface area contributed by atoms with Gasteiger partial charge in [-0.1, -0.05) is 29.8 Å². The molecule has 1 fully saturated rings. The zero-order chi connectivity index (χ0) is 19.2. The summed E-state index contributed by atoms with van der Waals surface area (Å²) in [7, 11) is 0. The van der Waals surface area contributed by atoms with Crippen molar-refractivity contribution in [2.75, 3.05) is 31.1 Å². The third-order valence-electron chi connectivity index (χ3n) is 4.70. The van der Waals surface area contributed by atoms with Crippen molar-refractivity contribution in [1.82, 2.24) is 15.2 Å². The Labute approximate surface area is 164 Å². The highest BCUT2D eigenvalue weighted by molar-refractivity contribution is 6.31. The molecular weight excluding hydrogens is 362 g/mol. The summed E-state index contributed by atoms with van der Waals surface area (Å²) in [6.45, 7) is 4.56. The lowest BCUT2D eigenvalue weighted by atomic mass is 10.1. The number of anilines is 1. The Bertz CT molecular complexity index is 850. The molecule has 0 radical (unpaired) electrons. The minimum atomic E-state index is -0.175. The number of aromatic nitrogens is 1. The van der Waals surface area contributed by atoms with Crippen LogP contribution in [0, 0.1) is 11.3 Å². The molecule has 1 N–H and O–H groups in total. The maximum absolute atomic E-state index is 12.7. The van der Waals surface area contributed by atoms with E-state index in [0.29, 0.717) is 36.0 Å². The summed E-state index contributed by atoms with van der Waals surface area (Å²) in [5.41, 5.74) is 1.46. The van der Waals surface area contributed by atoms with Crippen LogP contribution in [0.1, 0.15) is 30.5 Å². The second kappa shape index (κ2) is 8.74. The van der Waals surface area contributed by atoms with Gasteiger partial charge in [-0.2, -0.15) is 5.26 Å². The van der Waals surface area contributed by atoms with Gasteiger partial charge in [-0.15, -0.1) is 0 Å². The highest BCUT2D eigenvalue weighted by Crippen LogP contribution is 2.23. The molecule has 1 atom stereocenters. The summed E-state index contributed by atoms with van der Waals surface area (Å²) in [5, 5.41) is 13.0. The molecule has 1 aliphatic rings. The van der Waals surface area contributed by atoms with Gasteiger partial charge in [0, 0.05) is 37.4 Å². The first-order valence-electron chi connectivity index (χ1n) is 9.00. The van der Waals surface area contributed by atoms with Crippen molar-refractivity contribution in [1.29, 1.82) is 5.26 Å². The molecule has 27 heavy (non-hydrogen) atoms. The average Bonchev–Trinajstić information content (AvgIpc) is 2.94. The number of rotatable bonds is 3. The van der Waals surface area contributed by atoms with E-state index in [1.165, 1.54) is 0 Å². The molecule has 1 unspecified atom stereocenters. The molecule has 0 aliphatic carbocycles. The number of carbonyl (C=O) groups excluding carboxylic acids is 1. The number of halogens is 1. The number of nitrogens with zero attached hydrogens (tertiary/aromatic N) is 4. The van der Waals surface area contributed by atoms with Crippen molar-refractivity contribution >= 4 is 23.4 Å². The lowest BCUT2D eigenvalue weighted by molar-refractivity contribution is 0.198. The van der Waals surface area contributed by atoms with Gasteiger partial charge in [0.2, 0.25) is 0 Å². The van der Waals surface area contributed by atoms with E-state index < -0.39 is 0 Å². The van der Waals surface area contributed by atoms with E-state index in [1.54, 1.807) is 18.3 Å². The number of nitriles is 1. The maximum Gasteiger partial charge on any atom is 0.317 e. The van der Waals surface area contributed by atoms with Crippen LogP contribution in [0.4, 0.5) is 10.6 Å². The summed E-state index contributed by atoms with van der Waals surface area (Å²) in [6, 6.07) is 13.0. The molecule has 6 nitrogen and oxygen atoms in total. The van der Waals surface area contributed by atoms with E-state index in [4.69, 9.17) is 11.6 Å². The molecule has 1 aliphatic heterocycles. The second-order valence-electron chi connectivity index (χ2n) is 6.51. The van der Waals surface area contributed by atoms with Gasteiger partial charge in [-0.3, -0.25) is 0 Å².